The Balaban J connectivity index is 2.63. The highest BCUT2D eigenvalue weighted by atomic mass is 32.2. The number of nitrogens with two attached hydrogens (primary N) is 1. The second-order valence-corrected chi connectivity index (χ2v) is 4.59. The first kappa shape index (κ1) is 11.0. The second kappa shape index (κ2) is 4.19. The molecule has 0 bridgehead atoms. The quantitative estimate of drug-likeness (QED) is 0.780. The predicted molar refractivity (Wildman–Crippen MR) is 65.4 cm³/mol. The molecule has 0 fully saturated rings. The molecule has 0 radical (unpaired) electrons. The topological polar surface area (TPSA) is 76.2 Å². The minimum absolute atomic E-state index is 0.143. The number of benzene rings is 1. The highest BCUT2D eigenvalue weighted by molar-refractivity contribution is 7.78. The van der Waals surface area contributed by atoms with Crippen LogP contribution in [0.15, 0.2) is 24.4 Å². The van der Waals surface area contributed by atoms with Crippen molar-refractivity contribution < 1.29 is 8.76 Å². The minimum atomic E-state index is -1.82. The van der Waals surface area contributed by atoms with Gasteiger partial charge in [0.05, 0.1) is 5.75 Å². The Kier molecular flexibility index (Phi) is 2.89. The van der Waals surface area contributed by atoms with Crippen molar-refractivity contribution in [2.75, 3.05) is 5.73 Å². The van der Waals surface area contributed by atoms with Gasteiger partial charge in [-0.15, -0.1) is 0 Å². The summed E-state index contributed by atoms with van der Waals surface area (Å²) in [5.41, 5.74) is 7.57. The summed E-state index contributed by atoms with van der Waals surface area (Å²) in [7, 11) is 0. The lowest BCUT2D eigenvalue weighted by Gasteiger charge is -2.07. The largest absolute Gasteiger partial charge is 0.383 e. The van der Waals surface area contributed by atoms with Crippen molar-refractivity contribution in [1.82, 2.24) is 4.98 Å². The molecule has 0 aliphatic heterocycles. The van der Waals surface area contributed by atoms with E-state index in [4.69, 9.17) is 10.3 Å². The van der Waals surface area contributed by atoms with Crippen molar-refractivity contribution in [3.05, 3.63) is 35.5 Å². The zero-order chi connectivity index (χ0) is 11.7. The third kappa shape index (κ3) is 2.05. The summed E-state index contributed by atoms with van der Waals surface area (Å²) in [6, 6.07) is 5.63. The van der Waals surface area contributed by atoms with Crippen LogP contribution in [0.4, 0.5) is 5.82 Å². The number of nitrogens with zero attached hydrogens (tertiary/aromatic N) is 1. The Morgan fingerprint density at radius 2 is 2.25 bits per heavy atom. The molecule has 0 aliphatic carbocycles. The molecule has 4 nitrogen and oxygen atoms in total. The molecule has 16 heavy (non-hydrogen) atoms. The standard InChI is InChI=1S/C11H12N2O2S/c1-7-4-10-8(2-3-13-11(10)12)5-9(7)6-16(14)15/h2-5H,6H2,1H3,(H2,12,13)(H,14,15). The molecule has 1 heterocycles. The molecule has 0 aliphatic rings. The maximum atomic E-state index is 10.8. The Bertz CT molecular complexity index is 569. The lowest BCUT2D eigenvalue weighted by Crippen LogP contribution is -1.98. The average molecular weight is 236 g/mol. The van der Waals surface area contributed by atoms with Crippen molar-refractivity contribution >= 4 is 27.7 Å². The summed E-state index contributed by atoms with van der Waals surface area (Å²) >= 11 is -1.82. The van der Waals surface area contributed by atoms with E-state index in [-0.39, 0.29) is 5.75 Å². The number of anilines is 1. The van der Waals surface area contributed by atoms with Gasteiger partial charge in [0, 0.05) is 11.6 Å². The van der Waals surface area contributed by atoms with Gasteiger partial charge in [-0.2, -0.15) is 0 Å². The molecule has 0 saturated carbocycles. The molecule has 0 saturated heterocycles. The molecule has 1 aromatic carbocycles. The van der Waals surface area contributed by atoms with Crippen LogP contribution < -0.4 is 5.73 Å². The highest BCUT2D eigenvalue weighted by Crippen LogP contribution is 2.23. The molecule has 2 aromatic rings. The molecular formula is C11H12N2O2S. The van der Waals surface area contributed by atoms with Crippen molar-refractivity contribution in [2.45, 2.75) is 12.7 Å². The number of hydrogen-bond acceptors (Lipinski definition) is 3. The van der Waals surface area contributed by atoms with Crippen LogP contribution >= 0.6 is 0 Å². The second-order valence-electron chi connectivity index (χ2n) is 3.66. The predicted octanol–water partition coefficient (Wildman–Crippen LogP) is 1.85. The van der Waals surface area contributed by atoms with Crippen LogP contribution in [0.1, 0.15) is 11.1 Å². The minimum Gasteiger partial charge on any atom is -0.383 e. The molecule has 3 N–H and O–H groups in total. The van der Waals surface area contributed by atoms with Crippen LogP contribution in [-0.4, -0.2) is 13.7 Å². The summed E-state index contributed by atoms with van der Waals surface area (Å²) < 4.78 is 19.7. The maximum absolute atomic E-state index is 10.8. The van der Waals surface area contributed by atoms with Gasteiger partial charge in [0.2, 0.25) is 0 Å². The van der Waals surface area contributed by atoms with Gasteiger partial charge in [0.15, 0.2) is 11.1 Å². The number of aromatic nitrogens is 1. The summed E-state index contributed by atoms with van der Waals surface area (Å²) in [6.07, 6.45) is 1.63. The zero-order valence-electron chi connectivity index (χ0n) is 8.80. The van der Waals surface area contributed by atoms with Crippen LogP contribution in [0, 0.1) is 6.92 Å². The van der Waals surface area contributed by atoms with E-state index in [0.717, 1.165) is 21.9 Å². The van der Waals surface area contributed by atoms with E-state index in [9.17, 15) is 4.21 Å². The molecule has 0 spiro atoms. The van der Waals surface area contributed by atoms with Gasteiger partial charge in [0.25, 0.3) is 0 Å². The van der Waals surface area contributed by atoms with E-state index < -0.39 is 11.1 Å². The number of aryl methyl sites for hydroxylation is 1. The van der Waals surface area contributed by atoms with E-state index in [1.807, 2.05) is 25.1 Å². The van der Waals surface area contributed by atoms with Gasteiger partial charge in [-0.05, 0) is 41.6 Å². The Labute approximate surface area is 95.8 Å². The van der Waals surface area contributed by atoms with Crippen molar-refractivity contribution in [2.24, 2.45) is 0 Å². The third-order valence-corrected chi connectivity index (χ3v) is 3.09. The zero-order valence-corrected chi connectivity index (χ0v) is 9.62. The molecule has 0 amide bonds. The van der Waals surface area contributed by atoms with Gasteiger partial charge >= 0.3 is 0 Å². The van der Waals surface area contributed by atoms with Crippen molar-refractivity contribution in [3.8, 4) is 0 Å². The van der Waals surface area contributed by atoms with Gasteiger partial charge < -0.3 is 10.3 Å². The summed E-state index contributed by atoms with van der Waals surface area (Å²) in [4.78, 5) is 4.01. The molecule has 1 aromatic heterocycles. The number of rotatable bonds is 2. The number of hydrogen-bond donors (Lipinski definition) is 2. The first-order chi connectivity index (χ1) is 7.58. The van der Waals surface area contributed by atoms with E-state index in [1.165, 1.54) is 0 Å². The van der Waals surface area contributed by atoms with E-state index in [1.54, 1.807) is 6.20 Å². The normalized spacial score (nSPS) is 12.9. The maximum Gasteiger partial charge on any atom is 0.157 e. The fraction of sp³-hybridized carbons (Fsp3) is 0.182. The van der Waals surface area contributed by atoms with Crippen LogP contribution in [0.25, 0.3) is 10.8 Å². The molecule has 84 valence electrons. The molecule has 1 unspecified atom stereocenters. The van der Waals surface area contributed by atoms with Crippen LogP contribution in [0.2, 0.25) is 0 Å². The first-order valence-electron chi connectivity index (χ1n) is 4.79. The molecule has 5 heteroatoms. The molecule has 2 rings (SSSR count). The Morgan fingerprint density at radius 1 is 1.50 bits per heavy atom. The average Bonchev–Trinajstić information content (AvgIpc) is 2.20. The molecular weight excluding hydrogens is 224 g/mol. The SMILES string of the molecule is Cc1cc2c(N)nccc2cc1CS(=O)O. The monoisotopic (exact) mass is 236 g/mol. The van der Waals surface area contributed by atoms with Gasteiger partial charge in [0.1, 0.15) is 5.82 Å². The molecule has 1 atom stereocenters. The van der Waals surface area contributed by atoms with Crippen molar-refractivity contribution in [1.29, 1.82) is 0 Å². The van der Waals surface area contributed by atoms with E-state index >= 15 is 0 Å². The summed E-state index contributed by atoms with van der Waals surface area (Å²) in [5, 5.41) is 1.83. The van der Waals surface area contributed by atoms with Crippen LogP contribution in [-0.2, 0) is 16.8 Å². The fourth-order valence-corrected chi connectivity index (χ4v) is 2.26. The van der Waals surface area contributed by atoms with Crippen LogP contribution in [0.3, 0.4) is 0 Å². The Morgan fingerprint density at radius 3 is 2.94 bits per heavy atom. The van der Waals surface area contributed by atoms with Gasteiger partial charge in [-0.3, -0.25) is 0 Å². The van der Waals surface area contributed by atoms with Crippen LogP contribution in [0.5, 0.6) is 0 Å². The lowest BCUT2D eigenvalue weighted by molar-refractivity contribution is 0.563. The Hall–Kier alpha value is -1.46. The van der Waals surface area contributed by atoms with Gasteiger partial charge in [-0.25, -0.2) is 9.19 Å². The number of fused-ring (bicyclic) bond motifs is 1. The summed E-state index contributed by atoms with van der Waals surface area (Å²) in [5.74, 6) is 0.626. The number of nitrogen functional groups attached to an aromatic ring is 1. The van der Waals surface area contributed by atoms with E-state index in [2.05, 4.69) is 4.98 Å². The smallest absolute Gasteiger partial charge is 0.157 e. The summed E-state index contributed by atoms with van der Waals surface area (Å²) in [6.45, 7) is 1.90. The fourth-order valence-electron chi connectivity index (χ4n) is 1.69. The van der Waals surface area contributed by atoms with E-state index in [0.29, 0.717) is 5.82 Å². The lowest BCUT2D eigenvalue weighted by atomic mass is 10.0. The van der Waals surface area contributed by atoms with Crippen molar-refractivity contribution in [3.63, 3.8) is 0 Å². The number of pyridine rings is 1. The third-order valence-electron chi connectivity index (χ3n) is 2.53. The first-order valence-corrected chi connectivity index (χ1v) is 6.06. The highest BCUT2D eigenvalue weighted by Gasteiger charge is 2.06. The van der Waals surface area contributed by atoms with Gasteiger partial charge in [-0.1, -0.05) is 0 Å².